The number of unbranched alkanes of at least 4 members (excludes halogenated alkanes) is 7. The molecule has 11 heteroatoms. The van der Waals surface area contributed by atoms with Crippen LogP contribution >= 0.6 is 0 Å². The molecule has 1 N–H and O–H groups in total. The summed E-state index contributed by atoms with van der Waals surface area (Å²) in [6, 6.07) is 3.26. The van der Waals surface area contributed by atoms with Gasteiger partial charge in [0.25, 0.3) is 11.4 Å². The second-order valence-electron chi connectivity index (χ2n) is 11.4. The highest BCUT2D eigenvalue weighted by Gasteiger charge is 2.30. The van der Waals surface area contributed by atoms with Crippen molar-refractivity contribution >= 4 is 33.7 Å². The number of nitro benzene ring substituents is 2. The molecule has 0 radical (unpaired) electrons. The minimum Gasteiger partial charge on any atom is -0.415 e. The highest BCUT2D eigenvalue weighted by Crippen LogP contribution is 2.30. The quantitative estimate of drug-likeness (QED) is 0.0605. The van der Waals surface area contributed by atoms with Crippen LogP contribution < -0.4 is 5.32 Å². The van der Waals surface area contributed by atoms with E-state index in [1.165, 1.54) is 50.7 Å². The normalized spacial score (nSPS) is 14.0. The summed E-state index contributed by atoms with van der Waals surface area (Å²) in [5, 5.41) is 26.1. The van der Waals surface area contributed by atoms with Crippen molar-refractivity contribution in [2.24, 2.45) is 0 Å². The van der Waals surface area contributed by atoms with Gasteiger partial charge in [-0.15, -0.1) is 0 Å². The predicted octanol–water partition coefficient (Wildman–Crippen LogP) is 8.05. The molecule has 9 nitrogen and oxygen atoms in total. The Morgan fingerprint density at radius 3 is 2.08 bits per heavy atom. The summed E-state index contributed by atoms with van der Waals surface area (Å²) >= 11 is 0. The van der Waals surface area contributed by atoms with Crippen LogP contribution in [0.15, 0.2) is 30.4 Å². The van der Waals surface area contributed by atoms with E-state index < -0.39 is 32.5 Å². The van der Waals surface area contributed by atoms with E-state index in [2.05, 4.69) is 63.7 Å². The number of nitrogens with zero attached hydrogens (tertiary/aromatic N) is 2. The Hall–Kier alpha value is -2.09. The molecule has 37 heavy (non-hydrogen) atoms. The first-order valence-electron chi connectivity index (χ1n) is 13.4. The highest BCUT2D eigenvalue weighted by atomic mass is 28.4. The van der Waals surface area contributed by atoms with E-state index in [0.717, 1.165) is 18.9 Å². The molecule has 210 valence electrons. The summed E-state index contributed by atoms with van der Waals surface area (Å²) in [4.78, 5) is 21.7. The first-order valence-corrected chi connectivity index (χ1v) is 20.2. The largest absolute Gasteiger partial charge is 0.415 e. The molecule has 2 unspecified atom stereocenters. The number of rotatable bonds is 19. The topological polar surface area (TPSA) is 117 Å². The summed E-state index contributed by atoms with van der Waals surface area (Å²) in [5.74, 6) is 0. The molecule has 0 amide bonds. The Kier molecular flexibility index (Phi) is 14.2. The van der Waals surface area contributed by atoms with Gasteiger partial charge >= 0.3 is 0 Å². The highest BCUT2D eigenvalue weighted by molar-refractivity contribution is 6.70. The molecule has 0 aliphatic carbocycles. The Bertz CT molecular complexity index is 884. The summed E-state index contributed by atoms with van der Waals surface area (Å²) in [6.45, 7) is 15.1. The number of allylic oxidation sites excluding steroid dienone is 1. The fourth-order valence-corrected chi connectivity index (χ4v) is 5.52. The number of nitro groups is 2. The predicted molar refractivity (Wildman–Crippen MR) is 156 cm³/mol. The van der Waals surface area contributed by atoms with Gasteiger partial charge in [-0.1, -0.05) is 57.6 Å². The van der Waals surface area contributed by atoms with Gasteiger partial charge in [0.2, 0.25) is 0 Å². The summed E-state index contributed by atoms with van der Waals surface area (Å²) < 4.78 is 12.7. The molecule has 1 aromatic carbocycles. The third kappa shape index (κ3) is 14.4. The van der Waals surface area contributed by atoms with Crippen LogP contribution in [0.5, 0.6) is 0 Å². The van der Waals surface area contributed by atoms with E-state index in [0.29, 0.717) is 6.61 Å². The molecular weight excluding hydrogens is 506 g/mol. The number of hydrogen-bond donors (Lipinski definition) is 1. The molecule has 0 fully saturated rings. The zero-order valence-electron chi connectivity index (χ0n) is 23.7. The molecular formula is C26H47N3O6Si2. The molecule has 0 aliphatic heterocycles. The summed E-state index contributed by atoms with van der Waals surface area (Å²) in [5.41, 5.74) is -0.452. The van der Waals surface area contributed by atoms with Crippen molar-refractivity contribution in [3.05, 3.63) is 50.6 Å². The average Bonchev–Trinajstić information content (AvgIpc) is 2.78. The SMILES string of the molecule is CCCCCCCCC/C=C/C(O[Si](C)(C)C)C(CO[Si](C)(C)C)Nc1ccc([N+](=O)[O-])cc1[N+](=O)[O-]. The van der Waals surface area contributed by atoms with Gasteiger partial charge in [-0.3, -0.25) is 20.2 Å². The van der Waals surface area contributed by atoms with Gasteiger partial charge in [-0.2, -0.15) is 0 Å². The van der Waals surface area contributed by atoms with Gasteiger partial charge in [0.1, 0.15) is 5.69 Å². The van der Waals surface area contributed by atoms with E-state index in [-0.39, 0.29) is 23.2 Å². The summed E-state index contributed by atoms with van der Waals surface area (Å²) in [6.07, 6.45) is 13.5. The second-order valence-corrected chi connectivity index (χ2v) is 20.4. The first kappa shape index (κ1) is 32.9. The second kappa shape index (κ2) is 16.0. The Balaban J connectivity index is 3.12. The van der Waals surface area contributed by atoms with Crippen LogP contribution in [0.2, 0.25) is 39.3 Å². The van der Waals surface area contributed by atoms with Gasteiger partial charge in [0.05, 0.1) is 34.7 Å². The van der Waals surface area contributed by atoms with Gasteiger partial charge in [0.15, 0.2) is 16.6 Å². The smallest absolute Gasteiger partial charge is 0.299 e. The van der Waals surface area contributed by atoms with Crippen molar-refractivity contribution in [2.45, 2.75) is 110 Å². The molecule has 2 atom stereocenters. The van der Waals surface area contributed by atoms with Gasteiger partial charge in [0, 0.05) is 6.07 Å². The van der Waals surface area contributed by atoms with Crippen LogP contribution in [0.25, 0.3) is 0 Å². The van der Waals surface area contributed by atoms with Crippen molar-refractivity contribution < 1.29 is 18.7 Å². The third-order valence-electron chi connectivity index (χ3n) is 5.61. The maximum atomic E-state index is 11.7. The van der Waals surface area contributed by atoms with Crippen molar-refractivity contribution in [3.63, 3.8) is 0 Å². The van der Waals surface area contributed by atoms with Crippen molar-refractivity contribution in [1.29, 1.82) is 0 Å². The third-order valence-corrected chi connectivity index (χ3v) is 7.62. The number of non-ortho nitro benzene ring substituents is 1. The standard InChI is InChI=1S/C26H47N3O6Si2/c1-8-9-10-11-12-13-14-15-16-17-26(35-37(5,6)7)24(21-34-36(2,3)4)27-23-19-18-22(28(30)31)20-25(23)29(32)33/h16-20,24,26-27H,8-15,21H2,1-7H3/b17-16+. The number of benzene rings is 1. The van der Waals surface area contributed by atoms with Crippen LogP contribution in [0.3, 0.4) is 0 Å². The van der Waals surface area contributed by atoms with Crippen molar-refractivity contribution in [1.82, 2.24) is 0 Å². The minimum atomic E-state index is -1.99. The molecule has 0 aromatic heterocycles. The van der Waals surface area contributed by atoms with Crippen molar-refractivity contribution in [3.8, 4) is 0 Å². The zero-order valence-corrected chi connectivity index (χ0v) is 25.7. The van der Waals surface area contributed by atoms with E-state index in [4.69, 9.17) is 8.85 Å². The summed E-state index contributed by atoms with van der Waals surface area (Å²) in [7, 11) is -3.88. The molecule has 1 rings (SSSR count). The molecule has 0 saturated heterocycles. The lowest BCUT2D eigenvalue weighted by molar-refractivity contribution is -0.393. The monoisotopic (exact) mass is 553 g/mol. The molecule has 0 aliphatic rings. The Labute approximate surface area is 224 Å². The maximum absolute atomic E-state index is 11.7. The van der Waals surface area contributed by atoms with Crippen LogP contribution in [-0.4, -0.2) is 45.2 Å². The van der Waals surface area contributed by atoms with E-state index in [1.807, 2.05) is 0 Å². The fraction of sp³-hybridized carbons (Fsp3) is 0.692. The first-order chi connectivity index (χ1) is 17.2. The van der Waals surface area contributed by atoms with Crippen LogP contribution in [0, 0.1) is 20.2 Å². The maximum Gasteiger partial charge on any atom is 0.299 e. The lowest BCUT2D eigenvalue weighted by Gasteiger charge is -2.33. The number of nitrogens with one attached hydrogen (secondary N) is 1. The number of hydrogen-bond acceptors (Lipinski definition) is 7. The van der Waals surface area contributed by atoms with E-state index >= 15 is 0 Å². The molecule has 0 heterocycles. The minimum absolute atomic E-state index is 0.212. The van der Waals surface area contributed by atoms with E-state index in [9.17, 15) is 20.2 Å². The van der Waals surface area contributed by atoms with Crippen LogP contribution in [0.4, 0.5) is 17.1 Å². The Morgan fingerprint density at radius 1 is 0.919 bits per heavy atom. The number of anilines is 1. The van der Waals surface area contributed by atoms with E-state index in [1.54, 1.807) is 0 Å². The van der Waals surface area contributed by atoms with Crippen LogP contribution in [-0.2, 0) is 8.85 Å². The van der Waals surface area contributed by atoms with Gasteiger partial charge in [-0.05, 0) is 58.2 Å². The van der Waals surface area contributed by atoms with Gasteiger partial charge in [-0.25, -0.2) is 0 Å². The lowest BCUT2D eigenvalue weighted by Crippen LogP contribution is -2.46. The fourth-order valence-electron chi connectivity index (χ4n) is 3.78. The average molecular weight is 554 g/mol. The molecule has 0 saturated carbocycles. The zero-order chi connectivity index (χ0) is 28.1. The van der Waals surface area contributed by atoms with Crippen molar-refractivity contribution in [2.75, 3.05) is 11.9 Å². The Morgan fingerprint density at radius 2 is 1.54 bits per heavy atom. The molecule has 1 aromatic rings. The molecule has 0 spiro atoms. The van der Waals surface area contributed by atoms with Crippen LogP contribution in [0.1, 0.15) is 58.3 Å². The van der Waals surface area contributed by atoms with Gasteiger partial charge < -0.3 is 14.2 Å². The molecule has 0 bridgehead atoms. The lowest BCUT2D eigenvalue weighted by atomic mass is 10.1.